The minimum Gasteiger partial charge on any atom is -0.497 e. The number of aryl methyl sites for hydroxylation is 1. The summed E-state index contributed by atoms with van der Waals surface area (Å²) < 4.78 is 11.6. The van der Waals surface area contributed by atoms with Crippen LogP contribution in [0.3, 0.4) is 0 Å². The van der Waals surface area contributed by atoms with Gasteiger partial charge in [-0.1, -0.05) is 0 Å². The molecule has 3 rings (SSSR count). The number of piperidine rings is 1. The van der Waals surface area contributed by atoms with Crippen LogP contribution in [-0.4, -0.2) is 37.7 Å². The summed E-state index contributed by atoms with van der Waals surface area (Å²) in [5.41, 5.74) is 1.38. The number of ether oxygens (including phenoxy) is 2. The largest absolute Gasteiger partial charge is 0.497 e. The molecule has 0 saturated carbocycles. The Morgan fingerprint density at radius 2 is 2.00 bits per heavy atom. The number of benzene rings is 1. The molecule has 3 nitrogen and oxygen atoms in total. The Morgan fingerprint density at radius 3 is 2.72 bits per heavy atom. The van der Waals surface area contributed by atoms with Crippen molar-refractivity contribution in [2.45, 2.75) is 31.3 Å². The molecule has 98 valence electrons. The summed E-state index contributed by atoms with van der Waals surface area (Å²) in [6, 6.07) is 6.16. The van der Waals surface area contributed by atoms with E-state index in [0.717, 1.165) is 50.3 Å². The van der Waals surface area contributed by atoms with Crippen LogP contribution in [0, 0.1) is 0 Å². The van der Waals surface area contributed by atoms with Gasteiger partial charge >= 0.3 is 0 Å². The minimum atomic E-state index is 0.0914. The van der Waals surface area contributed by atoms with Gasteiger partial charge < -0.3 is 14.4 Å². The molecule has 0 bridgehead atoms. The van der Waals surface area contributed by atoms with Gasteiger partial charge in [0.25, 0.3) is 0 Å². The standard InChI is InChI=1S/C15H21NO2/c1-16-9-7-15(8-10-16)6-5-12-11-13(17-2)3-4-14(12)18-15/h3-4,11H,5-10H2,1-2H3. The topological polar surface area (TPSA) is 21.7 Å². The van der Waals surface area contributed by atoms with Crippen molar-refractivity contribution < 1.29 is 9.47 Å². The van der Waals surface area contributed by atoms with Crippen LogP contribution in [0.1, 0.15) is 24.8 Å². The van der Waals surface area contributed by atoms with Crippen LogP contribution in [0.25, 0.3) is 0 Å². The van der Waals surface area contributed by atoms with Crippen LogP contribution in [0.2, 0.25) is 0 Å². The van der Waals surface area contributed by atoms with Crippen molar-refractivity contribution in [3.8, 4) is 11.5 Å². The second-order valence-corrected chi connectivity index (χ2v) is 5.56. The van der Waals surface area contributed by atoms with Gasteiger partial charge in [0, 0.05) is 13.1 Å². The molecule has 0 unspecified atom stereocenters. The van der Waals surface area contributed by atoms with E-state index < -0.39 is 0 Å². The third-order valence-electron chi connectivity index (χ3n) is 4.34. The van der Waals surface area contributed by atoms with Gasteiger partial charge in [-0.2, -0.15) is 0 Å². The SMILES string of the molecule is COc1ccc2c(c1)CCC1(CCN(C)CC1)O2. The van der Waals surface area contributed by atoms with Crippen LogP contribution in [0.4, 0.5) is 0 Å². The average molecular weight is 247 g/mol. The zero-order valence-electron chi connectivity index (χ0n) is 11.2. The smallest absolute Gasteiger partial charge is 0.123 e. The Kier molecular flexibility index (Phi) is 2.94. The Morgan fingerprint density at radius 1 is 1.22 bits per heavy atom. The third kappa shape index (κ3) is 2.07. The lowest BCUT2D eigenvalue weighted by molar-refractivity contribution is -0.00883. The molecule has 0 aliphatic carbocycles. The Bertz CT molecular complexity index is 436. The summed E-state index contributed by atoms with van der Waals surface area (Å²) in [4.78, 5) is 2.39. The first-order chi connectivity index (χ1) is 8.71. The van der Waals surface area contributed by atoms with Crippen molar-refractivity contribution >= 4 is 0 Å². The molecule has 2 aliphatic rings. The first kappa shape index (κ1) is 11.8. The summed E-state index contributed by atoms with van der Waals surface area (Å²) in [5, 5.41) is 0. The lowest BCUT2D eigenvalue weighted by atomic mass is 9.83. The van der Waals surface area contributed by atoms with Crippen LogP contribution in [0.5, 0.6) is 11.5 Å². The summed E-state index contributed by atoms with van der Waals surface area (Å²) >= 11 is 0. The van der Waals surface area contributed by atoms with Crippen molar-refractivity contribution in [3.05, 3.63) is 23.8 Å². The molecular formula is C15H21NO2. The van der Waals surface area contributed by atoms with Crippen LogP contribution in [0.15, 0.2) is 18.2 Å². The molecule has 1 fully saturated rings. The van der Waals surface area contributed by atoms with Gasteiger partial charge in [0.2, 0.25) is 0 Å². The monoisotopic (exact) mass is 247 g/mol. The van der Waals surface area contributed by atoms with E-state index in [1.165, 1.54) is 5.56 Å². The molecule has 1 spiro atoms. The fourth-order valence-electron chi connectivity index (χ4n) is 3.00. The average Bonchev–Trinajstić information content (AvgIpc) is 2.42. The Labute approximate surface area is 109 Å². The molecule has 1 aromatic carbocycles. The van der Waals surface area contributed by atoms with E-state index in [4.69, 9.17) is 9.47 Å². The van der Waals surface area contributed by atoms with Crippen molar-refractivity contribution in [1.29, 1.82) is 0 Å². The van der Waals surface area contributed by atoms with E-state index in [-0.39, 0.29) is 5.60 Å². The number of likely N-dealkylation sites (tertiary alicyclic amines) is 1. The van der Waals surface area contributed by atoms with Gasteiger partial charge in [0.05, 0.1) is 7.11 Å². The molecule has 0 aromatic heterocycles. The fraction of sp³-hybridized carbons (Fsp3) is 0.600. The maximum absolute atomic E-state index is 6.33. The summed E-state index contributed by atoms with van der Waals surface area (Å²) in [6.45, 7) is 2.29. The Balaban J connectivity index is 1.81. The highest BCUT2D eigenvalue weighted by Crippen LogP contribution is 2.40. The maximum Gasteiger partial charge on any atom is 0.123 e. The molecule has 0 atom stereocenters. The minimum absolute atomic E-state index is 0.0914. The quantitative estimate of drug-likeness (QED) is 0.761. The van der Waals surface area contributed by atoms with E-state index in [1.54, 1.807) is 7.11 Å². The highest BCUT2D eigenvalue weighted by molar-refractivity contribution is 5.42. The van der Waals surface area contributed by atoms with Crippen LogP contribution < -0.4 is 9.47 Å². The van der Waals surface area contributed by atoms with Gasteiger partial charge in [0.15, 0.2) is 0 Å². The van der Waals surface area contributed by atoms with Gasteiger partial charge in [0.1, 0.15) is 17.1 Å². The number of hydrogen-bond donors (Lipinski definition) is 0. The molecule has 0 N–H and O–H groups in total. The van der Waals surface area contributed by atoms with Crippen molar-refractivity contribution in [2.24, 2.45) is 0 Å². The van der Waals surface area contributed by atoms with E-state index >= 15 is 0 Å². The third-order valence-corrected chi connectivity index (χ3v) is 4.34. The molecule has 1 saturated heterocycles. The predicted octanol–water partition coefficient (Wildman–Crippen LogP) is 2.48. The highest BCUT2D eigenvalue weighted by atomic mass is 16.5. The lowest BCUT2D eigenvalue weighted by Crippen LogP contribution is -2.48. The number of methoxy groups -OCH3 is 1. The van der Waals surface area contributed by atoms with E-state index in [0.29, 0.717) is 0 Å². The van der Waals surface area contributed by atoms with E-state index in [1.807, 2.05) is 6.07 Å². The molecule has 2 aliphatic heterocycles. The highest BCUT2D eigenvalue weighted by Gasteiger charge is 2.38. The second kappa shape index (κ2) is 4.47. The fourth-order valence-corrected chi connectivity index (χ4v) is 3.00. The van der Waals surface area contributed by atoms with Crippen molar-refractivity contribution in [1.82, 2.24) is 4.90 Å². The van der Waals surface area contributed by atoms with Gasteiger partial charge in [-0.05, 0) is 56.5 Å². The first-order valence-electron chi connectivity index (χ1n) is 6.75. The zero-order valence-corrected chi connectivity index (χ0v) is 11.2. The maximum atomic E-state index is 6.33. The molecular weight excluding hydrogens is 226 g/mol. The summed E-state index contributed by atoms with van der Waals surface area (Å²) in [6.07, 6.45) is 4.54. The normalized spacial score (nSPS) is 22.3. The summed E-state index contributed by atoms with van der Waals surface area (Å²) in [5.74, 6) is 1.99. The summed E-state index contributed by atoms with van der Waals surface area (Å²) in [7, 11) is 3.90. The number of nitrogens with zero attached hydrogens (tertiary/aromatic N) is 1. The van der Waals surface area contributed by atoms with Gasteiger partial charge in [-0.15, -0.1) is 0 Å². The molecule has 18 heavy (non-hydrogen) atoms. The van der Waals surface area contributed by atoms with E-state index in [2.05, 4.69) is 24.1 Å². The number of rotatable bonds is 1. The lowest BCUT2D eigenvalue weighted by Gasteiger charge is -2.43. The molecule has 3 heteroatoms. The van der Waals surface area contributed by atoms with Crippen molar-refractivity contribution in [2.75, 3.05) is 27.2 Å². The van der Waals surface area contributed by atoms with Crippen molar-refractivity contribution in [3.63, 3.8) is 0 Å². The number of fused-ring (bicyclic) bond motifs is 1. The molecule has 2 heterocycles. The second-order valence-electron chi connectivity index (χ2n) is 5.56. The first-order valence-corrected chi connectivity index (χ1v) is 6.75. The van der Waals surface area contributed by atoms with E-state index in [9.17, 15) is 0 Å². The van der Waals surface area contributed by atoms with Crippen LogP contribution >= 0.6 is 0 Å². The van der Waals surface area contributed by atoms with Gasteiger partial charge in [-0.3, -0.25) is 0 Å². The predicted molar refractivity (Wildman–Crippen MR) is 71.4 cm³/mol. The zero-order chi connectivity index (χ0) is 12.6. The molecule has 0 radical (unpaired) electrons. The van der Waals surface area contributed by atoms with Crippen LogP contribution in [-0.2, 0) is 6.42 Å². The number of hydrogen-bond acceptors (Lipinski definition) is 3. The Hall–Kier alpha value is -1.22. The molecule has 0 amide bonds. The van der Waals surface area contributed by atoms with Gasteiger partial charge in [-0.25, -0.2) is 0 Å². The molecule has 1 aromatic rings.